The highest BCUT2D eigenvalue weighted by molar-refractivity contribution is 7.80. The molecule has 0 saturated heterocycles. The number of hydrogen-bond acceptors (Lipinski definition) is 1. The minimum absolute atomic E-state index is 0.193. The van der Waals surface area contributed by atoms with E-state index < -0.39 is 8.07 Å². The van der Waals surface area contributed by atoms with Crippen molar-refractivity contribution < 1.29 is 0 Å². The van der Waals surface area contributed by atoms with Crippen LogP contribution in [0.5, 0.6) is 0 Å². The second kappa shape index (κ2) is 6.14. The normalized spacial score (nSPS) is 13.2. The molecule has 0 bridgehead atoms. The summed E-state index contributed by atoms with van der Waals surface area (Å²) in [5.41, 5.74) is 1.34. The van der Waals surface area contributed by atoms with Crippen LogP contribution in [0.3, 0.4) is 0 Å². The monoisotopic (exact) mass is 342 g/mol. The van der Waals surface area contributed by atoms with Gasteiger partial charge in [-0.3, -0.25) is 0 Å². The van der Waals surface area contributed by atoms with E-state index in [1.54, 1.807) is 0 Å². The van der Waals surface area contributed by atoms with Gasteiger partial charge in [0.2, 0.25) is 0 Å². The Morgan fingerprint density at radius 2 is 1.26 bits per heavy atom. The van der Waals surface area contributed by atoms with E-state index in [1.807, 2.05) is 0 Å². The van der Waals surface area contributed by atoms with Gasteiger partial charge in [-0.1, -0.05) is 89.2 Å². The quantitative estimate of drug-likeness (QED) is 0.545. The van der Waals surface area contributed by atoms with Crippen LogP contribution in [0, 0.1) is 6.92 Å². The first-order valence-electron chi connectivity index (χ1n) is 8.38. The molecule has 0 atom stereocenters. The second-order valence-corrected chi connectivity index (χ2v) is 14.7. The van der Waals surface area contributed by atoms with Crippen molar-refractivity contribution in [1.82, 2.24) is 0 Å². The van der Waals surface area contributed by atoms with Crippen molar-refractivity contribution in [2.45, 2.75) is 63.4 Å². The van der Waals surface area contributed by atoms with E-state index >= 15 is 0 Å². The van der Waals surface area contributed by atoms with Gasteiger partial charge in [0.15, 0.2) is 0 Å². The highest BCUT2D eigenvalue weighted by Crippen LogP contribution is 2.50. The summed E-state index contributed by atoms with van der Waals surface area (Å²) < 4.78 is 0. The van der Waals surface area contributed by atoms with E-state index in [-0.39, 0.29) is 10.1 Å². The smallest absolute Gasteiger partial charge is 0.128 e. The van der Waals surface area contributed by atoms with Crippen LogP contribution in [-0.4, -0.2) is 8.07 Å². The molecule has 0 aliphatic rings. The highest BCUT2D eigenvalue weighted by atomic mass is 32.1. The first-order chi connectivity index (χ1) is 10.5. The molecule has 0 heterocycles. The molecule has 0 nitrogen and oxygen atoms in total. The topological polar surface area (TPSA) is 0 Å². The Hall–Kier alpha value is -0.993. The lowest BCUT2D eigenvalue weighted by molar-refractivity contribution is 0.636. The Morgan fingerprint density at radius 3 is 1.74 bits per heavy atom. The summed E-state index contributed by atoms with van der Waals surface area (Å²) in [6, 6.07) is 17.8. The molecule has 2 rings (SSSR count). The molecule has 0 saturated carbocycles. The summed E-state index contributed by atoms with van der Waals surface area (Å²) in [4.78, 5) is 1.10. The van der Waals surface area contributed by atoms with Crippen LogP contribution < -0.4 is 10.4 Å². The summed E-state index contributed by atoms with van der Waals surface area (Å²) >= 11 is 4.73. The van der Waals surface area contributed by atoms with Crippen LogP contribution in [-0.2, 0) is 0 Å². The number of benzene rings is 2. The summed E-state index contributed by atoms with van der Waals surface area (Å²) in [6.45, 7) is 16.7. The first kappa shape index (κ1) is 18.3. The molecule has 0 aliphatic carbocycles. The van der Waals surface area contributed by atoms with Gasteiger partial charge in [0, 0.05) is 4.90 Å². The maximum Gasteiger partial charge on any atom is 0.128 e. The number of hydrogen-bond donors (Lipinski definition) is 1. The first-order valence-corrected chi connectivity index (χ1v) is 10.8. The van der Waals surface area contributed by atoms with Crippen LogP contribution in [0.4, 0.5) is 0 Å². The fraction of sp³-hybridized carbons (Fsp3) is 0.429. The van der Waals surface area contributed by atoms with Gasteiger partial charge in [0.05, 0.1) is 0 Å². The average molecular weight is 343 g/mol. The van der Waals surface area contributed by atoms with Crippen LogP contribution in [0.2, 0.25) is 10.1 Å². The molecule has 0 aliphatic heterocycles. The Kier molecular flexibility index (Phi) is 4.90. The van der Waals surface area contributed by atoms with Crippen molar-refractivity contribution in [3.8, 4) is 0 Å². The van der Waals surface area contributed by atoms with Gasteiger partial charge >= 0.3 is 0 Å². The SMILES string of the molecule is Cc1c(S)cccc1[Si](c1ccccc1)(C(C)(C)C)C(C)(C)C. The predicted octanol–water partition coefficient (Wildman–Crippen LogP) is 5.45. The maximum atomic E-state index is 4.73. The van der Waals surface area contributed by atoms with Crippen LogP contribution in [0.15, 0.2) is 53.4 Å². The van der Waals surface area contributed by atoms with E-state index in [4.69, 9.17) is 12.6 Å². The highest BCUT2D eigenvalue weighted by Gasteiger charge is 2.55. The third-order valence-corrected chi connectivity index (χ3v) is 12.7. The van der Waals surface area contributed by atoms with Crippen LogP contribution >= 0.6 is 12.6 Å². The molecule has 0 unspecified atom stereocenters. The van der Waals surface area contributed by atoms with Crippen molar-refractivity contribution in [2.24, 2.45) is 0 Å². The third kappa shape index (κ3) is 2.92. The summed E-state index contributed by atoms with van der Waals surface area (Å²) in [6.07, 6.45) is 0. The van der Waals surface area contributed by atoms with E-state index in [0.29, 0.717) is 0 Å². The molecule has 0 fully saturated rings. The fourth-order valence-electron chi connectivity index (χ4n) is 4.67. The molecule has 124 valence electrons. The summed E-state index contributed by atoms with van der Waals surface area (Å²) in [7, 11) is -2.08. The van der Waals surface area contributed by atoms with Crippen LogP contribution in [0.1, 0.15) is 47.1 Å². The second-order valence-electron chi connectivity index (χ2n) is 8.57. The standard InChI is InChI=1S/C21H30SSi/c1-16-18(22)14-11-15-19(16)23(20(2,3)4,21(5,6)7)17-12-9-8-10-13-17/h8-15,22H,1-7H3. The molecule has 0 N–H and O–H groups in total. The molecular weight excluding hydrogens is 312 g/mol. The average Bonchev–Trinajstić information content (AvgIpc) is 2.42. The van der Waals surface area contributed by atoms with E-state index in [9.17, 15) is 0 Å². The fourth-order valence-corrected chi connectivity index (χ4v) is 12.6. The third-order valence-electron chi connectivity index (χ3n) is 5.17. The number of rotatable bonds is 2. The zero-order valence-corrected chi connectivity index (χ0v) is 17.5. The lowest BCUT2D eigenvalue weighted by Gasteiger charge is -2.53. The zero-order chi connectivity index (χ0) is 17.5. The van der Waals surface area contributed by atoms with Crippen molar-refractivity contribution >= 4 is 31.1 Å². The van der Waals surface area contributed by atoms with Crippen LogP contribution in [0.25, 0.3) is 0 Å². The molecule has 23 heavy (non-hydrogen) atoms. The van der Waals surface area contributed by atoms with Gasteiger partial charge in [-0.15, -0.1) is 12.6 Å². The maximum absolute atomic E-state index is 4.73. The van der Waals surface area contributed by atoms with E-state index in [2.05, 4.69) is 97.0 Å². The van der Waals surface area contributed by atoms with Crippen molar-refractivity contribution in [2.75, 3.05) is 0 Å². The van der Waals surface area contributed by atoms with Gasteiger partial charge < -0.3 is 0 Å². The lowest BCUT2D eigenvalue weighted by Crippen LogP contribution is -2.70. The molecule has 2 heteroatoms. The largest absolute Gasteiger partial charge is 0.143 e. The Morgan fingerprint density at radius 1 is 0.739 bits per heavy atom. The summed E-state index contributed by atoms with van der Waals surface area (Å²) in [5.74, 6) is 0. The van der Waals surface area contributed by atoms with Gasteiger partial charge in [-0.25, -0.2) is 0 Å². The molecule has 0 radical (unpaired) electrons. The van der Waals surface area contributed by atoms with Crippen molar-refractivity contribution in [1.29, 1.82) is 0 Å². The molecule has 0 amide bonds. The Labute approximate surface area is 148 Å². The van der Waals surface area contributed by atoms with Crippen molar-refractivity contribution in [3.05, 3.63) is 54.1 Å². The van der Waals surface area contributed by atoms with E-state index in [1.165, 1.54) is 15.9 Å². The Balaban J connectivity index is 2.98. The lowest BCUT2D eigenvalue weighted by atomic mass is 10.2. The van der Waals surface area contributed by atoms with Gasteiger partial charge in [-0.2, -0.15) is 0 Å². The molecular formula is C21H30SSi. The molecule has 2 aromatic carbocycles. The molecule has 2 aromatic rings. The number of thiol groups is 1. The zero-order valence-electron chi connectivity index (χ0n) is 15.6. The molecule has 0 aromatic heterocycles. The van der Waals surface area contributed by atoms with Crippen molar-refractivity contribution in [3.63, 3.8) is 0 Å². The summed E-state index contributed by atoms with van der Waals surface area (Å²) in [5, 5.41) is 3.43. The minimum atomic E-state index is -2.08. The predicted molar refractivity (Wildman–Crippen MR) is 109 cm³/mol. The van der Waals surface area contributed by atoms with Gasteiger partial charge in [0.1, 0.15) is 8.07 Å². The van der Waals surface area contributed by atoms with E-state index in [0.717, 1.165) is 4.90 Å². The minimum Gasteiger partial charge on any atom is -0.143 e. The molecule has 0 spiro atoms. The van der Waals surface area contributed by atoms with Gasteiger partial charge in [0.25, 0.3) is 0 Å². The van der Waals surface area contributed by atoms with Gasteiger partial charge in [-0.05, 0) is 33.8 Å². The Bertz CT molecular complexity index is 661.